The molecular weight excluding hydrogens is 210 g/mol. The van der Waals surface area contributed by atoms with Crippen molar-refractivity contribution in [3.63, 3.8) is 0 Å². The zero-order valence-corrected chi connectivity index (χ0v) is 10.7. The molecule has 0 aliphatic rings. The lowest BCUT2D eigenvalue weighted by Gasteiger charge is -2.08. The molecule has 3 heteroatoms. The zero-order chi connectivity index (χ0) is 13.1. The van der Waals surface area contributed by atoms with Gasteiger partial charge in [0.25, 0.3) is 0 Å². The lowest BCUT2D eigenvalue weighted by molar-refractivity contribution is 0.680. The average molecular weight is 227 g/mol. The van der Waals surface area contributed by atoms with Gasteiger partial charge in [0, 0.05) is 5.69 Å². The van der Waals surface area contributed by atoms with Crippen molar-refractivity contribution in [2.24, 2.45) is 5.73 Å². The van der Waals surface area contributed by atoms with Gasteiger partial charge in [-0.05, 0) is 31.8 Å². The third-order valence-electron chi connectivity index (χ3n) is 1.98. The maximum Gasteiger partial charge on any atom is 0.206 e. The van der Waals surface area contributed by atoms with Crippen LogP contribution in [-0.4, -0.2) is 15.5 Å². The van der Waals surface area contributed by atoms with Crippen LogP contribution >= 0.6 is 0 Å². The Labute approximate surface area is 103 Å². The minimum atomic E-state index is -0.562. The molecule has 1 aromatic heterocycles. The first kappa shape index (κ1) is 13.2. The van der Waals surface area contributed by atoms with Crippen molar-refractivity contribution in [2.75, 3.05) is 0 Å². The molecule has 3 nitrogen and oxygen atoms in total. The Hall–Kier alpha value is -1.84. The topological polar surface area (TPSA) is 51.8 Å². The van der Waals surface area contributed by atoms with Crippen LogP contribution < -0.4 is 5.73 Å². The molecular formula is C14H17N3. The molecule has 1 heterocycles. The second-order valence-electron chi connectivity index (χ2n) is 4.77. The van der Waals surface area contributed by atoms with E-state index in [2.05, 4.69) is 27.7 Å². The number of rotatable bonds is 1. The molecule has 17 heavy (non-hydrogen) atoms. The number of aromatic nitrogens is 2. The molecule has 0 fully saturated rings. The van der Waals surface area contributed by atoms with E-state index in [1.807, 2.05) is 33.8 Å². The fourth-order valence-corrected chi connectivity index (χ4v) is 1.11. The third kappa shape index (κ3) is 4.26. The molecule has 2 N–H and O–H groups in total. The summed E-state index contributed by atoms with van der Waals surface area (Å²) in [4.78, 5) is 8.51. The fraction of sp³-hybridized carbons (Fsp3) is 0.429. The summed E-state index contributed by atoms with van der Waals surface area (Å²) >= 11 is 0. The van der Waals surface area contributed by atoms with Crippen LogP contribution in [0.1, 0.15) is 50.8 Å². The standard InChI is InChI=1S/C14H17N3/c1-6-11-9-12(10(2)3)17-13(16-11)7-8-14(4,5)15/h1,9-10H,15H2,2-5H3. The molecule has 0 unspecified atom stereocenters. The first-order chi connectivity index (χ1) is 7.81. The van der Waals surface area contributed by atoms with Crippen molar-refractivity contribution in [1.29, 1.82) is 0 Å². The van der Waals surface area contributed by atoms with Crippen LogP contribution in [0.25, 0.3) is 0 Å². The van der Waals surface area contributed by atoms with Gasteiger partial charge in [-0.1, -0.05) is 25.7 Å². The van der Waals surface area contributed by atoms with Crippen LogP contribution in [0.4, 0.5) is 0 Å². The Kier molecular flexibility index (Phi) is 3.89. The molecule has 0 saturated heterocycles. The molecule has 0 aliphatic heterocycles. The van der Waals surface area contributed by atoms with Crippen molar-refractivity contribution in [2.45, 2.75) is 39.2 Å². The minimum Gasteiger partial charge on any atom is -0.316 e. The Bertz CT molecular complexity index is 505. The first-order valence-corrected chi connectivity index (χ1v) is 5.49. The van der Waals surface area contributed by atoms with E-state index < -0.39 is 5.54 Å². The minimum absolute atomic E-state index is 0.288. The van der Waals surface area contributed by atoms with Crippen molar-refractivity contribution in [1.82, 2.24) is 9.97 Å². The molecule has 1 aromatic rings. The summed E-state index contributed by atoms with van der Waals surface area (Å²) in [6.45, 7) is 7.75. The average Bonchev–Trinajstić information content (AvgIpc) is 2.25. The summed E-state index contributed by atoms with van der Waals surface area (Å²) < 4.78 is 0. The summed E-state index contributed by atoms with van der Waals surface area (Å²) in [5.74, 6) is 8.98. The van der Waals surface area contributed by atoms with Crippen LogP contribution in [-0.2, 0) is 0 Å². The molecule has 0 radical (unpaired) electrons. The van der Waals surface area contributed by atoms with E-state index in [1.54, 1.807) is 0 Å². The molecule has 0 aromatic carbocycles. The highest BCUT2D eigenvalue weighted by atomic mass is 14.9. The van der Waals surface area contributed by atoms with Gasteiger partial charge in [0.15, 0.2) is 0 Å². The summed E-state index contributed by atoms with van der Waals surface area (Å²) in [5.41, 5.74) is 6.67. The van der Waals surface area contributed by atoms with Crippen LogP contribution in [0.15, 0.2) is 6.07 Å². The second kappa shape index (κ2) is 4.99. The summed E-state index contributed by atoms with van der Waals surface area (Å²) in [6.07, 6.45) is 5.36. The van der Waals surface area contributed by atoms with Gasteiger partial charge in [0.1, 0.15) is 5.69 Å². The highest BCUT2D eigenvalue weighted by Gasteiger charge is 2.07. The summed E-state index contributed by atoms with van der Waals surface area (Å²) in [6, 6.07) is 1.81. The number of nitrogens with zero attached hydrogens (tertiary/aromatic N) is 2. The van der Waals surface area contributed by atoms with Crippen LogP contribution in [0.3, 0.4) is 0 Å². The quantitative estimate of drug-likeness (QED) is 0.742. The van der Waals surface area contributed by atoms with Gasteiger partial charge >= 0.3 is 0 Å². The molecule has 0 spiro atoms. The van der Waals surface area contributed by atoms with Crippen LogP contribution in [0, 0.1) is 24.2 Å². The van der Waals surface area contributed by atoms with Gasteiger partial charge in [0.05, 0.1) is 5.54 Å². The van der Waals surface area contributed by atoms with Crippen molar-refractivity contribution in [3.8, 4) is 24.2 Å². The smallest absolute Gasteiger partial charge is 0.206 e. The van der Waals surface area contributed by atoms with E-state index in [4.69, 9.17) is 12.2 Å². The lowest BCUT2D eigenvalue weighted by Crippen LogP contribution is -2.29. The lowest BCUT2D eigenvalue weighted by atomic mass is 10.1. The fourth-order valence-electron chi connectivity index (χ4n) is 1.11. The molecule has 0 bridgehead atoms. The SMILES string of the molecule is C#Cc1cc(C(C)C)nc(C#CC(C)(C)N)n1. The molecule has 0 saturated carbocycles. The van der Waals surface area contributed by atoms with Gasteiger partial charge < -0.3 is 5.73 Å². The van der Waals surface area contributed by atoms with Gasteiger partial charge in [0.2, 0.25) is 5.82 Å². The van der Waals surface area contributed by atoms with E-state index in [0.717, 1.165) is 5.69 Å². The predicted molar refractivity (Wildman–Crippen MR) is 69.2 cm³/mol. The Morgan fingerprint density at radius 2 is 2.00 bits per heavy atom. The maximum absolute atomic E-state index is 5.78. The van der Waals surface area contributed by atoms with Crippen molar-refractivity contribution >= 4 is 0 Å². The van der Waals surface area contributed by atoms with Gasteiger partial charge in [-0.3, -0.25) is 0 Å². The van der Waals surface area contributed by atoms with E-state index in [0.29, 0.717) is 11.5 Å². The van der Waals surface area contributed by atoms with Crippen molar-refractivity contribution < 1.29 is 0 Å². The van der Waals surface area contributed by atoms with Crippen LogP contribution in [0.2, 0.25) is 0 Å². The van der Waals surface area contributed by atoms with E-state index in [1.165, 1.54) is 0 Å². The molecule has 0 aliphatic carbocycles. The highest BCUT2D eigenvalue weighted by molar-refractivity contribution is 5.33. The first-order valence-electron chi connectivity index (χ1n) is 5.49. The van der Waals surface area contributed by atoms with Gasteiger partial charge in [-0.15, -0.1) is 6.42 Å². The van der Waals surface area contributed by atoms with Gasteiger partial charge in [-0.2, -0.15) is 0 Å². The van der Waals surface area contributed by atoms with E-state index >= 15 is 0 Å². The Morgan fingerprint density at radius 3 is 2.47 bits per heavy atom. The number of nitrogens with two attached hydrogens (primary N) is 1. The molecule has 88 valence electrons. The Balaban J connectivity index is 3.20. The summed E-state index contributed by atoms with van der Waals surface area (Å²) in [5, 5.41) is 0. The zero-order valence-electron chi connectivity index (χ0n) is 10.7. The molecule has 1 rings (SSSR count). The third-order valence-corrected chi connectivity index (χ3v) is 1.98. The normalized spacial score (nSPS) is 10.6. The largest absolute Gasteiger partial charge is 0.316 e. The number of terminal acetylenes is 1. The Morgan fingerprint density at radius 1 is 1.35 bits per heavy atom. The highest BCUT2D eigenvalue weighted by Crippen LogP contribution is 2.12. The monoisotopic (exact) mass is 227 g/mol. The van der Waals surface area contributed by atoms with E-state index in [-0.39, 0.29) is 5.92 Å². The molecule has 0 atom stereocenters. The maximum atomic E-state index is 5.78. The van der Waals surface area contributed by atoms with E-state index in [9.17, 15) is 0 Å². The van der Waals surface area contributed by atoms with Gasteiger partial charge in [-0.25, -0.2) is 9.97 Å². The second-order valence-corrected chi connectivity index (χ2v) is 4.77. The number of hydrogen-bond acceptors (Lipinski definition) is 3. The van der Waals surface area contributed by atoms with Crippen LogP contribution in [0.5, 0.6) is 0 Å². The molecule has 0 amide bonds. The summed E-state index contributed by atoms with van der Waals surface area (Å²) in [7, 11) is 0. The predicted octanol–water partition coefficient (Wildman–Crippen LogP) is 1.67. The van der Waals surface area contributed by atoms with Crippen molar-refractivity contribution in [3.05, 3.63) is 23.3 Å². The number of hydrogen-bond donors (Lipinski definition) is 1.